The average molecular weight is 461 g/mol. The Morgan fingerprint density at radius 2 is 1.88 bits per heavy atom. The minimum Gasteiger partial charge on any atom is -0.497 e. The average Bonchev–Trinajstić information content (AvgIpc) is 2.80. The number of benzene rings is 2. The van der Waals surface area contributed by atoms with Crippen molar-refractivity contribution >= 4 is 23.6 Å². The van der Waals surface area contributed by atoms with Crippen molar-refractivity contribution < 1.29 is 18.7 Å². The van der Waals surface area contributed by atoms with Crippen LogP contribution >= 0.6 is 11.8 Å². The van der Waals surface area contributed by atoms with E-state index in [0.29, 0.717) is 30.0 Å². The largest absolute Gasteiger partial charge is 0.497 e. The van der Waals surface area contributed by atoms with Gasteiger partial charge in [0.2, 0.25) is 11.8 Å². The Kier molecular flexibility index (Phi) is 10.5. The first-order valence-electron chi connectivity index (χ1n) is 10.9. The van der Waals surface area contributed by atoms with Gasteiger partial charge in [0.05, 0.1) is 12.9 Å². The number of hydrogen-bond donors (Lipinski definition) is 1. The molecule has 32 heavy (non-hydrogen) atoms. The van der Waals surface area contributed by atoms with Gasteiger partial charge in [0, 0.05) is 18.3 Å². The van der Waals surface area contributed by atoms with Gasteiger partial charge in [-0.25, -0.2) is 4.39 Å². The highest BCUT2D eigenvalue weighted by atomic mass is 32.2. The van der Waals surface area contributed by atoms with E-state index in [9.17, 15) is 14.0 Å². The summed E-state index contributed by atoms with van der Waals surface area (Å²) >= 11 is 1.35. The molecule has 0 saturated heterocycles. The van der Waals surface area contributed by atoms with Crippen LogP contribution in [-0.2, 0) is 21.9 Å². The highest BCUT2D eigenvalue weighted by Gasteiger charge is 2.29. The second-order valence-corrected chi connectivity index (χ2v) is 8.68. The number of nitrogens with zero attached hydrogens (tertiary/aromatic N) is 1. The summed E-state index contributed by atoms with van der Waals surface area (Å²) in [4.78, 5) is 27.8. The van der Waals surface area contributed by atoms with Gasteiger partial charge in [0.15, 0.2) is 0 Å². The minimum absolute atomic E-state index is 0.0285. The second-order valence-electron chi connectivity index (χ2n) is 7.70. The van der Waals surface area contributed by atoms with E-state index in [1.807, 2.05) is 45.0 Å². The molecule has 174 valence electrons. The van der Waals surface area contributed by atoms with Crippen molar-refractivity contribution in [2.24, 2.45) is 0 Å². The lowest BCUT2D eigenvalue weighted by atomic mass is 10.1. The van der Waals surface area contributed by atoms with Gasteiger partial charge in [0.25, 0.3) is 0 Å². The number of carbonyl (C=O) groups excluding carboxylic acids is 2. The first kappa shape index (κ1) is 25.7. The van der Waals surface area contributed by atoms with Crippen LogP contribution in [0.4, 0.5) is 4.39 Å². The first-order valence-corrected chi connectivity index (χ1v) is 12.1. The minimum atomic E-state index is -0.586. The maximum atomic E-state index is 13.9. The van der Waals surface area contributed by atoms with Gasteiger partial charge >= 0.3 is 0 Å². The van der Waals surface area contributed by atoms with Crippen molar-refractivity contribution in [3.05, 3.63) is 65.5 Å². The third-order valence-electron chi connectivity index (χ3n) is 5.31. The van der Waals surface area contributed by atoms with Crippen LogP contribution in [-0.4, -0.2) is 41.7 Å². The summed E-state index contributed by atoms with van der Waals surface area (Å²) in [7, 11) is 1.59. The molecule has 2 atom stereocenters. The Hall–Kier alpha value is -2.54. The third-order valence-corrected chi connectivity index (χ3v) is 6.28. The van der Waals surface area contributed by atoms with Crippen molar-refractivity contribution in [1.82, 2.24) is 10.2 Å². The smallest absolute Gasteiger partial charge is 0.243 e. The lowest BCUT2D eigenvalue weighted by Crippen LogP contribution is -2.51. The van der Waals surface area contributed by atoms with Crippen LogP contribution in [0.25, 0.3) is 0 Å². The van der Waals surface area contributed by atoms with Crippen molar-refractivity contribution in [1.29, 1.82) is 0 Å². The van der Waals surface area contributed by atoms with Gasteiger partial charge in [-0.3, -0.25) is 9.59 Å². The fraction of sp³-hybridized carbons (Fsp3) is 0.440. The monoisotopic (exact) mass is 460 g/mol. The molecule has 5 nitrogen and oxygen atoms in total. The molecule has 0 unspecified atom stereocenters. The molecule has 0 aliphatic carbocycles. The lowest BCUT2D eigenvalue weighted by molar-refractivity contribution is -0.139. The molecule has 0 heterocycles. The molecule has 0 bridgehead atoms. The van der Waals surface area contributed by atoms with E-state index in [1.165, 1.54) is 17.8 Å². The first-order chi connectivity index (χ1) is 15.4. The normalized spacial score (nSPS) is 12.7. The Bertz CT molecular complexity index is 893. The number of halogens is 1. The van der Waals surface area contributed by atoms with Crippen molar-refractivity contribution in [2.75, 3.05) is 12.9 Å². The summed E-state index contributed by atoms with van der Waals surface area (Å²) in [6.07, 6.45) is 1.31. The van der Waals surface area contributed by atoms with Crippen LogP contribution in [0.5, 0.6) is 5.75 Å². The fourth-order valence-corrected chi connectivity index (χ4v) is 4.17. The van der Waals surface area contributed by atoms with Crippen LogP contribution < -0.4 is 10.1 Å². The molecule has 0 saturated carbocycles. The maximum Gasteiger partial charge on any atom is 0.243 e. The summed E-state index contributed by atoms with van der Waals surface area (Å²) in [5.74, 6) is 0.658. The van der Waals surface area contributed by atoms with E-state index in [0.717, 1.165) is 12.0 Å². The van der Waals surface area contributed by atoms with E-state index in [1.54, 1.807) is 30.2 Å². The molecular formula is C25H33FN2O3S. The van der Waals surface area contributed by atoms with E-state index in [4.69, 9.17) is 4.74 Å². The number of nitrogens with one attached hydrogen (secondary N) is 1. The molecule has 0 radical (unpaired) electrons. The molecule has 2 aromatic rings. The highest BCUT2D eigenvalue weighted by molar-refractivity contribution is 7.99. The van der Waals surface area contributed by atoms with Crippen LogP contribution in [0.1, 0.15) is 44.7 Å². The SMILES string of the molecule is CC[C@@H](C)NC(=O)[C@@H](CC)N(Cc1cccc(OC)c1)C(=O)CSCc1ccccc1F. The van der Waals surface area contributed by atoms with E-state index >= 15 is 0 Å². The molecule has 0 aliphatic heterocycles. The van der Waals surface area contributed by atoms with E-state index in [2.05, 4.69) is 5.32 Å². The molecule has 2 rings (SSSR count). The standard InChI is InChI=1S/C25H33FN2O3S/c1-5-18(3)27-25(30)23(6-2)28(15-19-10-9-12-21(14-19)31-4)24(29)17-32-16-20-11-7-8-13-22(20)26/h7-14,18,23H,5-6,15-17H2,1-4H3,(H,27,30)/t18-,23-/m1/s1. The zero-order valence-electron chi connectivity index (χ0n) is 19.3. The molecule has 0 aliphatic rings. The maximum absolute atomic E-state index is 13.9. The van der Waals surface area contributed by atoms with Crippen molar-refractivity contribution in [3.63, 3.8) is 0 Å². The van der Waals surface area contributed by atoms with Gasteiger partial charge < -0.3 is 15.0 Å². The Labute approximate surface area is 194 Å². The molecule has 0 aromatic heterocycles. The summed E-state index contributed by atoms with van der Waals surface area (Å²) in [5.41, 5.74) is 1.44. The van der Waals surface area contributed by atoms with Crippen LogP contribution in [0, 0.1) is 5.82 Å². The quantitative estimate of drug-likeness (QED) is 0.495. The van der Waals surface area contributed by atoms with Crippen LogP contribution in [0.15, 0.2) is 48.5 Å². The van der Waals surface area contributed by atoms with Crippen molar-refractivity contribution in [3.8, 4) is 5.75 Å². The zero-order chi connectivity index (χ0) is 23.5. The van der Waals surface area contributed by atoms with Gasteiger partial charge in [0.1, 0.15) is 17.6 Å². The Balaban J connectivity index is 2.17. The number of thioether (sulfide) groups is 1. The number of amides is 2. The molecule has 7 heteroatoms. The number of carbonyl (C=O) groups is 2. The van der Waals surface area contributed by atoms with Crippen LogP contribution in [0.2, 0.25) is 0 Å². The lowest BCUT2D eigenvalue weighted by Gasteiger charge is -2.31. The molecule has 0 fully saturated rings. The fourth-order valence-electron chi connectivity index (χ4n) is 3.27. The number of methoxy groups -OCH3 is 1. The van der Waals surface area contributed by atoms with Gasteiger partial charge in [-0.1, -0.05) is 44.2 Å². The molecule has 1 N–H and O–H groups in total. The Morgan fingerprint density at radius 3 is 2.53 bits per heavy atom. The predicted molar refractivity (Wildman–Crippen MR) is 128 cm³/mol. The molecule has 2 amide bonds. The molecule has 0 spiro atoms. The van der Waals surface area contributed by atoms with Crippen LogP contribution in [0.3, 0.4) is 0 Å². The summed E-state index contributed by atoms with van der Waals surface area (Å²) in [6.45, 7) is 6.15. The number of ether oxygens (including phenoxy) is 1. The third kappa shape index (κ3) is 7.55. The van der Waals surface area contributed by atoms with Gasteiger partial charge in [-0.05, 0) is 49.1 Å². The molecule has 2 aromatic carbocycles. The topological polar surface area (TPSA) is 58.6 Å². The summed E-state index contributed by atoms with van der Waals surface area (Å²) < 4.78 is 19.2. The highest BCUT2D eigenvalue weighted by Crippen LogP contribution is 2.20. The van der Waals surface area contributed by atoms with Crippen molar-refractivity contribution in [2.45, 2.75) is 58.0 Å². The Morgan fingerprint density at radius 1 is 1.12 bits per heavy atom. The second kappa shape index (κ2) is 13.1. The number of hydrogen-bond acceptors (Lipinski definition) is 4. The summed E-state index contributed by atoms with van der Waals surface area (Å²) in [5, 5.41) is 3.00. The summed E-state index contributed by atoms with van der Waals surface area (Å²) in [6, 6.07) is 13.5. The number of rotatable bonds is 12. The van der Waals surface area contributed by atoms with E-state index < -0.39 is 6.04 Å². The van der Waals surface area contributed by atoms with E-state index in [-0.39, 0.29) is 29.4 Å². The zero-order valence-corrected chi connectivity index (χ0v) is 20.1. The predicted octanol–water partition coefficient (Wildman–Crippen LogP) is 4.79. The molecular weight excluding hydrogens is 427 g/mol. The van der Waals surface area contributed by atoms with Gasteiger partial charge in [-0.15, -0.1) is 11.8 Å². The van der Waals surface area contributed by atoms with Gasteiger partial charge in [-0.2, -0.15) is 0 Å².